The SMILES string of the molecule is NC(CCl)=Nc1ccc(F)c(C(=O)O)c1. The van der Waals surface area contributed by atoms with E-state index >= 15 is 0 Å². The van der Waals surface area contributed by atoms with Gasteiger partial charge in [-0.2, -0.15) is 0 Å². The smallest absolute Gasteiger partial charge is 0.338 e. The highest BCUT2D eigenvalue weighted by Crippen LogP contribution is 2.17. The zero-order valence-corrected chi connectivity index (χ0v) is 8.33. The van der Waals surface area contributed by atoms with Crippen LogP contribution in [0.15, 0.2) is 23.2 Å². The van der Waals surface area contributed by atoms with Crippen LogP contribution in [0.5, 0.6) is 0 Å². The highest BCUT2D eigenvalue weighted by molar-refractivity contribution is 6.28. The van der Waals surface area contributed by atoms with E-state index in [9.17, 15) is 9.18 Å². The molecule has 0 aliphatic rings. The van der Waals surface area contributed by atoms with Crippen molar-refractivity contribution in [1.29, 1.82) is 0 Å². The van der Waals surface area contributed by atoms with Gasteiger partial charge in [0, 0.05) is 0 Å². The molecule has 0 aromatic heterocycles. The maximum absolute atomic E-state index is 13.0. The molecule has 0 amide bonds. The van der Waals surface area contributed by atoms with E-state index in [1.54, 1.807) is 0 Å². The van der Waals surface area contributed by atoms with Gasteiger partial charge in [0.15, 0.2) is 0 Å². The second-order valence-electron chi connectivity index (χ2n) is 2.71. The van der Waals surface area contributed by atoms with E-state index in [2.05, 4.69) is 4.99 Å². The number of carboxylic acids is 1. The number of aliphatic imine (C=N–C) groups is 1. The first-order valence-electron chi connectivity index (χ1n) is 3.96. The lowest BCUT2D eigenvalue weighted by molar-refractivity contribution is 0.0692. The number of nitrogens with two attached hydrogens (primary N) is 1. The second kappa shape index (κ2) is 4.75. The maximum Gasteiger partial charge on any atom is 0.338 e. The summed E-state index contributed by atoms with van der Waals surface area (Å²) in [6.45, 7) is 0. The number of carbonyl (C=O) groups is 1. The average molecular weight is 231 g/mol. The summed E-state index contributed by atoms with van der Waals surface area (Å²) in [4.78, 5) is 14.4. The van der Waals surface area contributed by atoms with Gasteiger partial charge < -0.3 is 10.8 Å². The largest absolute Gasteiger partial charge is 0.478 e. The number of nitrogens with zero attached hydrogens (tertiary/aromatic N) is 1. The molecule has 0 spiro atoms. The number of rotatable bonds is 3. The average Bonchev–Trinajstić information content (AvgIpc) is 2.20. The third kappa shape index (κ3) is 2.92. The van der Waals surface area contributed by atoms with Gasteiger partial charge in [-0.3, -0.25) is 0 Å². The molecule has 0 aliphatic carbocycles. The number of hydrogen-bond acceptors (Lipinski definition) is 2. The van der Waals surface area contributed by atoms with Crippen molar-refractivity contribution in [2.75, 3.05) is 5.88 Å². The topological polar surface area (TPSA) is 75.7 Å². The van der Waals surface area contributed by atoms with Gasteiger partial charge in [-0.05, 0) is 18.2 Å². The summed E-state index contributed by atoms with van der Waals surface area (Å²) in [6, 6.07) is 3.43. The Morgan fingerprint density at radius 1 is 1.60 bits per heavy atom. The number of halogens is 2. The van der Waals surface area contributed by atoms with Crippen LogP contribution >= 0.6 is 11.6 Å². The molecule has 0 aliphatic heterocycles. The van der Waals surface area contributed by atoms with Crippen LogP contribution < -0.4 is 5.73 Å². The Labute approximate surface area is 90.2 Å². The Bertz CT molecular complexity index is 421. The van der Waals surface area contributed by atoms with Crippen LogP contribution in [0.4, 0.5) is 10.1 Å². The van der Waals surface area contributed by atoms with Crippen LogP contribution in [-0.2, 0) is 0 Å². The summed E-state index contributed by atoms with van der Waals surface area (Å²) in [6.07, 6.45) is 0. The molecule has 0 unspecified atom stereocenters. The molecule has 0 saturated heterocycles. The van der Waals surface area contributed by atoms with Gasteiger partial charge in [-0.1, -0.05) is 0 Å². The van der Waals surface area contributed by atoms with Crippen molar-refractivity contribution in [1.82, 2.24) is 0 Å². The van der Waals surface area contributed by atoms with Crippen molar-refractivity contribution in [3.8, 4) is 0 Å². The second-order valence-corrected chi connectivity index (χ2v) is 2.97. The Balaban J connectivity index is 3.13. The normalized spacial score (nSPS) is 11.5. The zero-order chi connectivity index (χ0) is 11.4. The molecular formula is C9H8ClFN2O2. The van der Waals surface area contributed by atoms with Crippen LogP contribution in [0, 0.1) is 5.82 Å². The minimum atomic E-state index is -1.35. The van der Waals surface area contributed by atoms with Crippen LogP contribution in [0.1, 0.15) is 10.4 Å². The molecule has 0 saturated carbocycles. The standard InChI is InChI=1S/C9H8ClFN2O2/c10-4-8(12)13-5-1-2-7(11)6(3-5)9(14)15/h1-3H,4H2,(H2,12,13)(H,14,15). The third-order valence-corrected chi connectivity index (χ3v) is 1.86. The van der Waals surface area contributed by atoms with E-state index in [-0.39, 0.29) is 17.4 Å². The number of benzene rings is 1. The van der Waals surface area contributed by atoms with Crippen molar-refractivity contribution in [3.05, 3.63) is 29.6 Å². The van der Waals surface area contributed by atoms with E-state index in [1.165, 1.54) is 6.07 Å². The molecule has 4 nitrogen and oxygen atoms in total. The van der Waals surface area contributed by atoms with Crippen LogP contribution in [-0.4, -0.2) is 22.8 Å². The fourth-order valence-electron chi connectivity index (χ4n) is 0.942. The first kappa shape index (κ1) is 11.5. The number of aromatic carboxylic acids is 1. The maximum atomic E-state index is 13.0. The predicted octanol–water partition coefficient (Wildman–Crippen LogP) is 1.75. The summed E-state index contributed by atoms with van der Waals surface area (Å²) < 4.78 is 13.0. The Morgan fingerprint density at radius 2 is 2.27 bits per heavy atom. The number of carboxylic acid groups (broad SMARTS) is 1. The van der Waals surface area contributed by atoms with Gasteiger partial charge in [0.25, 0.3) is 0 Å². The molecule has 0 atom stereocenters. The fourth-order valence-corrected chi connectivity index (χ4v) is 1.00. The zero-order valence-electron chi connectivity index (χ0n) is 7.58. The Kier molecular flexibility index (Phi) is 3.62. The molecule has 0 heterocycles. The molecule has 15 heavy (non-hydrogen) atoms. The van der Waals surface area contributed by atoms with E-state index < -0.39 is 17.3 Å². The number of amidine groups is 1. The molecule has 0 fully saturated rings. The van der Waals surface area contributed by atoms with Gasteiger partial charge in [-0.15, -0.1) is 11.6 Å². The summed E-state index contributed by atoms with van der Waals surface area (Å²) in [7, 11) is 0. The van der Waals surface area contributed by atoms with Crippen LogP contribution in [0.25, 0.3) is 0 Å². The van der Waals surface area contributed by atoms with E-state index in [0.717, 1.165) is 12.1 Å². The van der Waals surface area contributed by atoms with Gasteiger partial charge >= 0.3 is 5.97 Å². The minimum Gasteiger partial charge on any atom is -0.478 e. The lowest BCUT2D eigenvalue weighted by atomic mass is 10.2. The summed E-state index contributed by atoms with van der Waals surface area (Å²) >= 11 is 5.39. The van der Waals surface area contributed by atoms with Crippen LogP contribution in [0.2, 0.25) is 0 Å². The molecular weight excluding hydrogens is 223 g/mol. The summed E-state index contributed by atoms with van der Waals surface area (Å²) in [5, 5.41) is 8.64. The van der Waals surface area contributed by atoms with Crippen molar-refractivity contribution >= 4 is 29.1 Å². The molecule has 0 radical (unpaired) electrons. The number of hydrogen-bond donors (Lipinski definition) is 2. The summed E-state index contributed by atoms with van der Waals surface area (Å²) in [5.74, 6) is -2.00. The van der Waals surface area contributed by atoms with Crippen molar-refractivity contribution in [2.24, 2.45) is 10.7 Å². The lowest BCUT2D eigenvalue weighted by Crippen LogP contribution is -2.12. The molecule has 0 bridgehead atoms. The van der Waals surface area contributed by atoms with Gasteiger partial charge in [0.2, 0.25) is 0 Å². The molecule has 1 aromatic rings. The Morgan fingerprint density at radius 3 is 2.80 bits per heavy atom. The minimum absolute atomic E-state index is 0.0276. The third-order valence-electron chi connectivity index (χ3n) is 1.59. The van der Waals surface area contributed by atoms with Crippen molar-refractivity contribution < 1.29 is 14.3 Å². The highest BCUT2D eigenvalue weighted by atomic mass is 35.5. The van der Waals surface area contributed by atoms with E-state index in [1.807, 2.05) is 0 Å². The van der Waals surface area contributed by atoms with Crippen molar-refractivity contribution in [2.45, 2.75) is 0 Å². The number of alkyl halides is 1. The first-order valence-corrected chi connectivity index (χ1v) is 4.50. The molecule has 6 heteroatoms. The quantitative estimate of drug-likeness (QED) is 0.472. The monoisotopic (exact) mass is 230 g/mol. The van der Waals surface area contributed by atoms with Gasteiger partial charge in [0.1, 0.15) is 11.7 Å². The van der Waals surface area contributed by atoms with E-state index in [4.69, 9.17) is 22.4 Å². The first-order chi connectivity index (χ1) is 7.04. The molecule has 1 rings (SSSR count). The van der Waals surface area contributed by atoms with Gasteiger partial charge in [0.05, 0.1) is 17.1 Å². The molecule has 80 valence electrons. The van der Waals surface area contributed by atoms with E-state index in [0.29, 0.717) is 0 Å². The molecule has 3 N–H and O–H groups in total. The van der Waals surface area contributed by atoms with Crippen molar-refractivity contribution in [3.63, 3.8) is 0 Å². The van der Waals surface area contributed by atoms with Gasteiger partial charge in [-0.25, -0.2) is 14.2 Å². The molecule has 1 aromatic carbocycles. The highest BCUT2D eigenvalue weighted by Gasteiger charge is 2.10. The Hall–Kier alpha value is -1.62. The fraction of sp³-hybridized carbons (Fsp3) is 0.111. The predicted molar refractivity (Wildman–Crippen MR) is 55.4 cm³/mol. The van der Waals surface area contributed by atoms with Crippen LogP contribution in [0.3, 0.4) is 0 Å². The lowest BCUT2D eigenvalue weighted by Gasteiger charge is -2.00. The summed E-state index contributed by atoms with van der Waals surface area (Å²) in [5.41, 5.74) is 5.16.